The van der Waals surface area contributed by atoms with Gasteiger partial charge in [-0.3, -0.25) is 10.1 Å². The van der Waals surface area contributed by atoms with Gasteiger partial charge in [-0.15, -0.1) is 0 Å². The lowest BCUT2D eigenvalue weighted by molar-refractivity contribution is -0.384. The summed E-state index contributed by atoms with van der Waals surface area (Å²) in [6.45, 7) is 4.66. The monoisotopic (exact) mass is 260 g/mol. The fourth-order valence-corrected chi connectivity index (χ4v) is 1.78. The lowest BCUT2D eigenvalue weighted by Gasteiger charge is -2.06. The van der Waals surface area contributed by atoms with Crippen LogP contribution in [0.5, 0.6) is 0 Å². The first-order valence-corrected chi connectivity index (χ1v) is 6.20. The molecule has 2 N–H and O–H groups in total. The first kappa shape index (κ1) is 13.2. The van der Waals surface area contributed by atoms with Crippen LogP contribution < -0.4 is 10.6 Å². The van der Waals surface area contributed by atoms with E-state index in [4.69, 9.17) is 0 Å². The minimum Gasteiger partial charge on any atom is -0.369 e. The van der Waals surface area contributed by atoms with E-state index in [1.54, 1.807) is 6.07 Å². The number of benzene rings is 1. The van der Waals surface area contributed by atoms with E-state index in [9.17, 15) is 10.1 Å². The molecular formula is C13H16N4O2. The molecule has 0 aliphatic rings. The number of fused-ring (bicyclic) bond motifs is 1. The summed E-state index contributed by atoms with van der Waals surface area (Å²) in [5, 5.41) is 17.9. The molecule has 0 bridgehead atoms. The van der Waals surface area contributed by atoms with E-state index in [0.29, 0.717) is 0 Å². The number of hydrogen-bond donors (Lipinski definition) is 2. The molecule has 1 aromatic heterocycles. The molecule has 0 unspecified atom stereocenters. The van der Waals surface area contributed by atoms with Crippen molar-refractivity contribution in [2.24, 2.45) is 0 Å². The summed E-state index contributed by atoms with van der Waals surface area (Å²) >= 11 is 0. The van der Waals surface area contributed by atoms with E-state index in [2.05, 4.69) is 22.5 Å². The molecule has 1 heterocycles. The summed E-state index contributed by atoms with van der Waals surface area (Å²) in [6.07, 6.45) is 0. The normalized spacial score (nSPS) is 10.6. The first-order chi connectivity index (χ1) is 9.20. The summed E-state index contributed by atoms with van der Waals surface area (Å²) in [7, 11) is 0. The molecule has 0 radical (unpaired) electrons. The summed E-state index contributed by atoms with van der Waals surface area (Å²) in [6, 6.07) is 8.34. The zero-order valence-electron chi connectivity index (χ0n) is 10.7. The quantitative estimate of drug-likeness (QED) is 0.472. The molecule has 19 heavy (non-hydrogen) atoms. The maximum absolute atomic E-state index is 10.7. The average molecular weight is 260 g/mol. The second kappa shape index (κ2) is 6.10. The van der Waals surface area contributed by atoms with Gasteiger partial charge in [-0.2, -0.15) is 0 Å². The lowest BCUT2D eigenvalue weighted by Crippen LogP contribution is -2.21. The number of likely N-dealkylation sites (N-methyl/N-ethyl adjacent to an activating group) is 1. The van der Waals surface area contributed by atoms with Gasteiger partial charge in [0.25, 0.3) is 5.69 Å². The Kier molecular flexibility index (Phi) is 4.25. The summed E-state index contributed by atoms with van der Waals surface area (Å²) < 4.78 is 0. The molecule has 1 aromatic carbocycles. The van der Waals surface area contributed by atoms with Gasteiger partial charge in [-0.25, -0.2) is 4.98 Å². The highest BCUT2D eigenvalue weighted by atomic mass is 16.6. The van der Waals surface area contributed by atoms with Crippen molar-refractivity contribution in [1.82, 2.24) is 10.3 Å². The van der Waals surface area contributed by atoms with Gasteiger partial charge in [0.15, 0.2) is 0 Å². The number of anilines is 1. The van der Waals surface area contributed by atoms with Gasteiger partial charge in [0, 0.05) is 30.6 Å². The van der Waals surface area contributed by atoms with E-state index >= 15 is 0 Å². The number of nitrogens with one attached hydrogen (secondary N) is 2. The molecule has 0 aliphatic heterocycles. The minimum absolute atomic E-state index is 0.0853. The van der Waals surface area contributed by atoms with E-state index in [-0.39, 0.29) is 5.69 Å². The smallest absolute Gasteiger partial charge is 0.270 e. The number of hydrogen-bond acceptors (Lipinski definition) is 5. The van der Waals surface area contributed by atoms with Gasteiger partial charge in [0.05, 0.1) is 10.4 Å². The second-order valence-electron chi connectivity index (χ2n) is 4.11. The Morgan fingerprint density at radius 3 is 2.84 bits per heavy atom. The molecule has 0 saturated heterocycles. The summed E-state index contributed by atoms with van der Waals surface area (Å²) in [5.74, 6) is 0.777. The molecule has 6 heteroatoms. The predicted octanol–water partition coefficient (Wildman–Crippen LogP) is 2.16. The fourth-order valence-electron chi connectivity index (χ4n) is 1.78. The maximum atomic E-state index is 10.7. The molecule has 0 spiro atoms. The largest absolute Gasteiger partial charge is 0.369 e. The van der Waals surface area contributed by atoms with Crippen LogP contribution in [0.1, 0.15) is 6.92 Å². The lowest BCUT2D eigenvalue weighted by atomic mass is 10.2. The third kappa shape index (κ3) is 3.38. The van der Waals surface area contributed by atoms with Crippen LogP contribution in [0, 0.1) is 10.1 Å². The molecule has 100 valence electrons. The minimum atomic E-state index is -0.401. The highest BCUT2D eigenvalue weighted by Gasteiger charge is 2.06. The third-order valence-electron chi connectivity index (χ3n) is 2.74. The molecule has 0 aliphatic carbocycles. The Hall–Kier alpha value is -2.21. The Labute approximate surface area is 111 Å². The highest BCUT2D eigenvalue weighted by molar-refractivity contribution is 5.82. The van der Waals surface area contributed by atoms with Gasteiger partial charge in [-0.1, -0.05) is 6.92 Å². The van der Waals surface area contributed by atoms with Crippen molar-refractivity contribution < 1.29 is 4.92 Å². The number of aromatic nitrogens is 1. The topological polar surface area (TPSA) is 80.1 Å². The Morgan fingerprint density at radius 2 is 2.11 bits per heavy atom. The van der Waals surface area contributed by atoms with Crippen LogP contribution in [0.15, 0.2) is 30.3 Å². The molecule has 2 rings (SSSR count). The SMILES string of the molecule is CCNCCNc1ccc2cc([N+](=O)[O-])ccc2n1. The molecule has 0 atom stereocenters. The van der Waals surface area contributed by atoms with E-state index < -0.39 is 4.92 Å². The van der Waals surface area contributed by atoms with Crippen LogP contribution in [0.3, 0.4) is 0 Å². The summed E-state index contributed by atoms with van der Waals surface area (Å²) in [4.78, 5) is 14.7. The van der Waals surface area contributed by atoms with Gasteiger partial charge < -0.3 is 10.6 Å². The molecule has 0 fully saturated rings. The van der Waals surface area contributed by atoms with Gasteiger partial charge in [0.2, 0.25) is 0 Å². The Morgan fingerprint density at radius 1 is 1.26 bits per heavy atom. The molecule has 2 aromatic rings. The average Bonchev–Trinajstić information content (AvgIpc) is 2.43. The first-order valence-electron chi connectivity index (χ1n) is 6.20. The fraction of sp³-hybridized carbons (Fsp3) is 0.308. The number of pyridine rings is 1. The standard InChI is InChI=1S/C13H16N4O2/c1-2-14-7-8-15-13-6-3-10-9-11(17(18)19)4-5-12(10)16-13/h3-6,9,14H,2,7-8H2,1H3,(H,15,16). The zero-order valence-corrected chi connectivity index (χ0v) is 10.7. The molecule has 0 amide bonds. The van der Waals surface area contributed by atoms with Crippen LogP contribution in [-0.4, -0.2) is 29.5 Å². The van der Waals surface area contributed by atoms with Crippen molar-refractivity contribution in [3.05, 3.63) is 40.4 Å². The second-order valence-corrected chi connectivity index (χ2v) is 4.11. The Bertz CT molecular complexity index is 586. The highest BCUT2D eigenvalue weighted by Crippen LogP contribution is 2.20. The van der Waals surface area contributed by atoms with Crippen LogP contribution >= 0.6 is 0 Å². The predicted molar refractivity (Wildman–Crippen MR) is 75.4 cm³/mol. The van der Waals surface area contributed by atoms with Crippen molar-refractivity contribution in [2.45, 2.75) is 6.92 Å². The van der Waals surface area contributed by atoms with Crippen molar-refractivity contribution in [3.63, 3.8) is 0 Å². The summed E-state index contributed by atoms with van der Waals surface area (Å²) in [5.41, 5.74) is 0.834. The Balaban J connectivity index is 2.12. The molecule has 0 saturated carbocycles. The molecule has 6 nitrogen and oxygen atoms in total. The van der Waals surface area contributed by atoms with Gasteiger partial charge in [-0.05, 0) is 24.7 Å². The van der Waals surface area contributed by atoms with Gasteiger partial charge in [0.1, 0.15) is 5.82 Å². The van der Waals surface area contributed by atoms with Crippen LogP contribution in [0.4, 0.5) is 11.5 Å². The van der Waals surface area contributed by atoms with Crippen molar-refractivity contribution in [1.29, 1.82) is 0 Å². The van der Waals surface area contributed by atoms with E-state index in [1.807, 2.05) is 12.1 Å². The number of rotatable bonds is 6. The molecular weight excluding hydrogens is 244 g/mol. The van der Waals surface area contributed by atoms with Gasteiger partial charge >= 0.3 is 0 Å². The number of nitro benzene ring substituents is 1. The van der Waals surface area contributed by atoms with Crippen LogP contribution in [-0.2, 0) is 0 Å². The van der Waals surface area contributed by atoms with E-state index in [1.165, 1.54) is 12.1 Å². The van der Waals surface area contributed by atoms with Crippen molar-refractivity contribution >= 4 is 22.4 Å². The van der Waals surface area contributed by atoms with E-state index in [0.717, 1.165) is 36.4 Å². The zero-order chi connectivity index (χ0) is 13.7. The third-order valence-corrected chi connectivity index (χ3v) is 2.74. The maximum Gasteiger partial charge on any atom is 0.270 e. The van der Waals surface area contributed by atoms with Crippen LogP contribution in [0.25, 0.3) is 10.9 Å². The number of nitrogens with zero attached hydrogens (tertiary/aromatic N) is 2. The number of nitro groups is 1. The van der Waals surface area contributed by atoms with Crippen LogP contribution in [0.2, 0.25) is 0 Å². The van der Waals surface area contributed by atoms with Crippen molar-refractivity contribution in [3.8, 4) is 0 Å². The number of non-ortho nitro benzene ring substituents is 1. The van der Waals surface area contributed by atoms with Crippen molar-refractivity contribution in [2.75, 3.05) is 25.0 Å².